The van der Waals surface area contributed by atoms with E-state index in [2.05, 4.69) is 46.4 Å². The minimum absolute atomic E-state index is 0. The molecule has 3 N–H and O–H groups in total. The van der Waals surface area contributed by atoms with E-state index in [1.54, 1.807) is 0 Å². The summed E-state index contributed by atoms with van der Waals surface area (Å²) in [6.45, 7) is 5.83. The maximum atomic E-state index is 11.0. The van der Waals surface area contributed by atoms with Crippen LogP contribution in [-0.4, -0.2) is 34.9 Å². The molecule has 1 aliphatic rings. The predicted molar refractivity (Wildman–Crippen MR) is 117 cm³/mol. The fourth-order valence-corrected chi connectivity index (χ4v) is 4.03. The van der Waals surface area contributed by atoms with Crippen molar-refractivity contribution in [3.63, 3.8) is 0 Å². The number of hydrogen-bond acceptors (Lipinski definition) is 5. The molecular formula is C19H28Cl2N4OS. The second kappa shape index (κ2) is 11.0. The maximum Gasteiger partial charge on any atom is 0.223 e. The highest BCUT2D eigenvalue weighted by Gasteiger charge is 2.24. The molecule has 150 valence electrons. The number of benzene rings is 1. The molecule has 0 radical (unpaired) electrons. The van der Waals surface area contributed by atoms with Crippen molar-refractivity contribution in [1.82, 2.24) is 9.88 Å². The Bertz CT molecular complexity index is 723. The molecule has 1 aromatic carbocycles. The lowest BCUT2D eigenvalue weighted by Gasteiger charge is -2.24. The molecule has 5 nitrogen and oxygen atoms in total. The highest BCUT2D eigenvalue weighted by molar-refractivity contribution is 7.13. The van der Waals surface area contributed by atoms with Gasteiger partial charge in [-0.3, -0.25) is 9.69 Å². The van der Waals surface area contributed by atoms with E-state index in [1.807, 2.05) is 5.38 Å². The van der Waals surface area contributed by atoms with Gasteiger partial charge in [-0.05, 0) is 37.3 Å². The van der Waals surface area contributed by atoms with Gasteiger partial charge < -0.3 is 11.1 Å². The third-order valence-electron chi connectivity index (χ3n) is 4.77. The number of aromatic nitrogens is 1. The first-order chi connectivity index (χ1) is 12.0. The van der Waals surface area contributed by atoms with Crippen LogP contribution in [0.3, 0.4) is 0 Å². The van der Waals surface area contributed by atoms with Crippen molar-refractivity contribution in [1.29, 1.82) is 0 Å². The van der Waals surface area contributed by atoms with Crippen LogP contribution in [0.25, 0.3) is 0 Å². The molecule has 0 aliphatic carbocycles. The number of aryl methyl sites for hydroxylation is 2. The zero-order chi connectivity index (χ0) is 17.8. The third-order valence-corrected chi connectivity index (χ3v) is 5.58. The number of thiazole rings is 1. The Morgan fingerprint density at radius 2 is 2.04 bits per heavy atom. The Morgan fingerprint density at radius 1 is 1.33 bits per heavy atom. The van der Waals surface area contributed by atoms with Gasteiger partial charge in [0.2, 0.25) is 5.91 Å². The van der Waals surface area contributed by atoms with Gasteiger partial charge in [-0.25, -0.2) is 4.98 Å². The number of nitrogens with zero attached hydrogens (tertiary/aromatic N) is 2. The average Bonchev–Trinajstić information content (AvgIpc) is 3.21. The monoisotopic (exact) mass is 430 g/mol. The van der Waals surface area contributed by atoms with E-state index in [9.17, 15) is 4.79 Å². The van der Waals surface area contributed by atoms with Crippen LogP contribution >= 0.6 is 36.2 Å². The zero-order valence-corrected chi connectivity index (χ0v) is 18.1. The van der Waals surface area contributed by atoms with Gasteiger partial charge in [0.15, 0.2) is 5.13 Å². The summed E-state index contributed by atoms with van der Waals surface area (Å²) in [5.74, 6) is -0.0791. The van der Waals surface area contributed by atoms with E-state index < -0.39 is 0 Å². The van der Waals surface area contributed by atoms with Crippen LogP contribution < -0.4 is 11.1 Å². The summed E-state index contributed by atoms with van der Waals surface area (Å²) < 4.78 is 0. The fraction of sp³-hybridized carbons (Fsp3) is 0.474. The highest BCUT2D eigenvalue weighted by Crippen LogP contribution is 2.25. The second-order valence-corrected chi connectivity index (χ2v) is 7.64. The number of carbonyl (C=O) groups excluding carboxylic acids is 1. The van der Waals surface area contributed by atoms with E-state index in [0.717, 1.165) is 38.0 Å². The molecule has 2 atom stereocenters. The van der Waals surface area contributed by atoms with Crippen LogP contribution in [0, 0.1) is 0 Å². The van der Waals surface area contributed by atoms with Gasteiger partial charge in [-0.1, -0.05) is 24.3 Å². The molecule has 0 spiro atoms. The number of carbonyl (C=O) groups is 1. The maximum absolute atomic E-state index is 11.0. The van der Waals surface area contributed by atoms with Gasteiger partial charge in [0.25, 0.3) is 0 Å². The second-order valence-electron chi connectivity index (χ2n) is 6.79. The van der Waals surface area contributed by atoms with Crippen LogP contribution in [0.2, 0.25) is 0 Å². The number of halogens is 2. The number of nitrogens with two attached hydrogens (primary N) is 1. The van der Waals surface area contributed by atoms with Crippen LogP contribution in [0.5, 0.6) is 0 Å². The molecule has 0 bridgehead atoms. The molecule has 2 aromatic rings. The zero-order valence-electron chi connectivity index (χ0n) is 15.7. The van der Waals surface area contributed by atoms with Crippen LogP contribution in [0.1, 0.15) is 43.1 Å². The number of anilines is 1. The molecule has 27 heavy (non-hydrogen) atoms. The Morgan fingerprint density at radius 3 is 2.63 bits per heavy atom. The molecule has 2 unspecified atom stereocenters. The third kappa shape index (κ3) is 6.73. The summed E-state index contributed by atoms with van der Waals surface area (Å²) in [5, 5.41) is 5.42. The van der Waals surface area contributed by atoms with Gasteiger partial charge in [0.05, 0.1) is 5.69 Å². The SMILES string of the molecule is CC(=O)Nc1nc(CCc2ccc(C(C)N3CCC(N)C3)cc2)cs1.Cl.Cl. The average molecular weight is 431 g/mol. The van der Waals surface area contributed by atoms with Crippen molar-refractivity contribution in [2.75, 3.05) is 18.4 Å². The smallest absolute Gasteiger partial charge is 0.223 e. The van der Waals surface area contributed by atoms with Crippen molar-refractivity contribution < 1.29 is 4.79 Å². The minimum Gasteiger partial charge on any atom is -0.326 e. The summed E-state index contributed by atoms with van der Waals surface area (Å²) in [6, 6.07) is 9.62. The summed E-state index contributed by atoms with van der Waals surface area (Å²) in [5.41, 5.74) is 9.70. The van der Waals surface area contributed by atoms with Gasteiger partial charge in [-0.15, -0.1) is 36.2 Å². The van der Waals surface area contributed by atoms with E-state index >= 15 is 0 Å². The normalized spacial score (nSPS) is 17.7. The van der Waals surface area contributed by atoms with Gasteiger partial charge in [0.1, 0.15) is 0 Å². The molecule has 8 heteroatoms. The van der Waals surface area contributed by atoms with E-state index in [1.165, 1.54) is 29.4 Å². The molecule has 0 saturated carbocycles. The molecule has 1 aliphatic heterocycles. The van der Waals surface area contributed by atoms with Crippen molar-refractivity contribution in [3.8, 4) is 0 Å². The van der Waals surface area contributed by atoms with Gasteiger partial charge in [0, 0.05) is 37.5 Å². The first kappa shape index (κ1) is 23.9. The number of likely N-dealkylation sites (tertiary alicyclic amines) is 1. The first-order valence-electron chi connectivity index (χ1n) is 8.81. The lowest BCUT2D eigenvalue weighted by Crippen LogP contribution is -2.28. The quantitative estimate of drug-likeness (QED) is 0.730. The Balaban J connectivity index is 0.00000182. The van der Waals surface area contributed by atoms with Crippen molar-refractivity contribution in [2.45, 2.75) is 45.2 Å². The number of amides is 1. The Hall–Kier alpha value is -1.18. The number of hydrogen-bond donors (Lipinski definition) is 2. The minimum atomic E-state index is -0.0791. The Labute approximate surface area is 177 Å². The summed E-state index contributed by atoms with van der Waals surface area (Å²) in [7, 11) is 0. The molecule has 1 aromatic heterocycles. The van der Waals surface area contributed by atoms with Crippen LogP contribution in [0.15, 0.2) is 29.6 Å². The summed E-state index contributed by atoms with van der Waals surface area (Å²) in [6.07, 6.45) is 2.93. The predicted octanol–water partition coefficient (Wildman–Crippen LogP) is 3.82. The van der Waals surface area contributed by atoms with E-state index in [-0.39, 0.29) is 30.7 Å². The van der Waals surface area contributed by atoms with Crippen LogP contribution in [0.4, 0.5) is 5.13 Å². The molecular weight excluding hydrogens is 403 g/mol. The standard InChI is InChI=1S/C19H26N4OS.2ClH/c1-13(23-10-9-17(20)11-23)16-6-3-15(4-7-16)5-8-18-12-25-19(22-18)21-14(2)24;;/h3-4,6-7,12-13,17H,5,8-11,20H2,1-2H3,(H,21,22,24);2*1H. The molecule has 1 saturated heterocycles. The molecule has 3 rings (SSSR count). The van der Waals surface area contributed by atoms with Crippen molar-refractivity contribution >= 4 is 47.2 Å². The summed E-state index contributed by atoms with van der Waals surface area (Å²) >= 11 is 1.47. The lowest BCUT2D eigenvalue weighted by atomic mass is 10.0. The highest BCUT2D eigenvalue weighted by atomic mass is 35.5. The number of nitrogens with one attached hydrogen (secondary N) is 1. The van der Waals surface area contributed by atoms with Gasteiger partial charge >= 0.3 is 0 Å². The molecule has 1 amide bonds. The lowest BCUT2D eigenvalue weighted by molar-refractivity contribution is -0.114. The van der Waals surface area contributed by atoms with E-state index in [0.29, 0.717) is 17.2 Å². The topological polar surface area (TPSA) is 71.2 Å². The fourth-order valence-electron chi connectivity index (χ4n) is 3.24. The first-order valence-corrected chi connectivity index (χ1v) is 9.69. The largest absolute Gasteiger partial charge is 0.326 e. The van der Waals surface area contributed by atoms with Gasteiger partial charge in [-0.2, -0.15) is 0 Å². The summed E-state index contributed by atoms with van der Waals surface area (Å²) in [4.78, 5) is 17.9. The van der Waals surface area contributed by atoms with Crippen molar-refractivity contribution in [2.24, 2.45) is 5.73 Å². The van der Waals surface area contributed by atoms with E-state index in [4.69, 9.17) is 5.73 Å². The molecule has 2 heterocycles. The Kier molecular flexibility index (Phi) is 9.70. The van der Waals surface area contributed by atoms with Crippen molar-refractivity contribution in [3.05, 3.63) is 46.5 Å². The van der Waals surface area contributed by atoms with Crippen LogP contribution in [-0.2, 0) is 17.6 Å². The number of rotatable bonds is 6. The molecule has 1 fully saturated rings.